The smallest absolute Gasteiger partial charge is 0.231 e. The molecule has 94 valence electrons. The average Bonchev–Trinajstić information content (AvgIpc) is 2.26. The highest BCUT2D eigenvalue weighted by molar-refractivity contribution is 5.75. The molecule has 1 heterocycles. The molecule has 0 aromatic carbocycles. The standard InChI is InChI=1S/C11H23N3O2/c1-16-7-5-13-8-10-4-2-3-6-14(10)9-11(12)15/h10,13H,2-9H2,1H3,(H2,12,15). The summed E-state index contributed by atoms with van der Waals surface area (Å²) in [5, 5.41) is 3.34. The van der Waals surface area contributed by atoms with Gasteiger partial charge in [0.1, 0.15) is 0 Å². The van der Waals surface area contributed by atoms with E-state index in [0.717, 1.165) is 32.7 Å². The van der Waals surface area contributed by atoms with E-state index in [1.165, 1.54) is 12.8 Å². The molecule has 1 aliphatic rings. The minimum atomic E-state index is -0.233. The highest BCUT2D eigenvalue weighted by Crippen LogP contribution is 2.15. The summed E-state index contributed by atoms with van der Waals surface area (Å²) in [6.45, 7) is 3.87. The number of amides is 1. The monoisotopic (exact) mass is 229 g/mol. The first-order chi connectivity index (χ1) is 7.74. The number of nitrogens with one attached hydrogen (secondary N) is 1. The molecule has 1 amide bonds. The van der Waals surface area contributed by atoms with Gasteiger partial charge >= 0.3 is 0 Å². The lowest BCUT2D eigenvalue weighted by Crippen LogP contribution is -2.49. The summed E-state index contributed by atoms with van der Waals surface area (Å²) in [4.78, 5) is 13.1. The summed E-state index contributed by atoms with van der Waals surface area (Å²) in [6, 6.07) is 0.443. The molecule has 0 bridgehead atoms. The molecule has 0 aromatic heterocycles. The van der Waals surface area contributed by atoms with Gasteiger partial charge in [-0.2, -0.15) is 0 Å². The number of nitrogens with two attached hydrogens (primary N) is 1. The maximum absolute atomic E-state index is 10.9. The van der Waals surface area contributed by atoms with Crippen LogP contribution < -0.4 is 11.1 Å². The van der Waals surface area contributed by atoms with Gasteiger partial charge in [-0.15, -0.1) is 0 Å². The summed E-state index contributed by atoms with van der Waals surface area (Å²) in [7, 11) is 1.70. The maximum atomic E-state index is 10.9. The van der Waals surface area contributed by atoms with Crippen LogP contribution in [0, 0.1) is 0 Å². The fourth-order valence-electron chi connectivity index (χ4n) is 2.14. The first-order valence-corrected chi connectivity index (χ1v) is 5.96. The molecule has 5 nitrogen and oxygen atoms in total. The predicted octanol–water partition coefficient (Wildman–Crippen LogP) is -0.438. The molecular weight excluding hydrogens is 206 g/mol. The van der Waals surface area contributed by atoms with E-state index in [4.69, 9.17) is 10.5 Å². The third-order valence-electron chi connectivity index (χ3n) is 2.97. The number of likely N-dealkylation sites (tertiary alicyclic amines) is 1. The second-order valence-corrected chi connectivity index (χ2v) is 4.28. The summed E-state index contributed by atoms with van der Waals surface area (Å²) < 4.78 is 4.97. The Balaban J connectivity index is 2.26. The molecule has 1 aliphatic heterocycles. The Morgan fingerprint density at radius 3 is 3.06 bits per heavy atom. The molecule has 5 heteroatoms. The Bertz CT molecular complexity index is 211. The SMILES string of the molecule is COCCNCC1CCCCN1CC(N)=O. The zero-order valence-electron chi connectivity index (χ0n) is 10.1. The van der Waals surface area contributed by atoms with E-state index in [2.05, 4.69) is 10.2 Å². The van der Waals surface area contributed by atoms with E-state index in [1.807, 2.05) is 0 Å². The second kappa shape index (κ2) is 7.60. The van der Waals surface area contributed by atoms with E-state index in [-0.39, 0.29) is 5.91 Å². The van der Waals surface area contributed by atoms with Crippen molar-refractivity contribution >= 4 is 5.91 Å². The van der Waals surface area contributed by atoms with Gasteiger partial charge in [-0.25, -0.2) is 0 Å². The number of methoxy groups -OCH3 is 1. The Morgan fingerprint density at radius 1 is 1.56 bits per heavy atom. The summed E-state index contributed by atoms with van der Waals surface area (Å²) in [6.07, 6.45) is 3.56. The van der Waals surface area contributed by atoms with Crippen LogP contribution in [0.2, 0.25) is 0 Å². The fourth-order valence-corrected chi connectivity index (χ4v) is 2.14. The molecule has 0 saturated carbocycles. The van der Waals surface area contributed by atoms with Gasteiger partial charge in [0, 0.05) is 26.2 Å². The fraction of sp³-hybridized carbons (Fsp3) is 0.909. The number of ether oxygens (including phenoxy) is 1. The topological polar surface area (TPSA) is 67.6 Å². The molecule has 3 N–H and O–H groups in total. The Labute approximate surface area is 97.3 Å². The van der Waals surface area contributed by atoms with Crippen molar-refractivity contribution in [1.29, 1.82) is 0 Å². The van der Waals surface area contributed by atoms with Crippen molar-refractivity contribution in [3.8, 4) is 0 Å². The van der Waals surface area contributed by atoms with Gasteiger partial charge in [0.05, 0.1) is 13.2 Å². The Hall–Kier alpha value is -0.650. The van der Waals surface area contributed by atoms with Crippen LogP contribution >= 0.6 is 0 Å². The summed E-state index contributed by atoms with van der Waals surface area (Å²) in [5.41, 5.74) is 5.24. The highest BCUT2D eigenvalue weighted by Gasteiger charge is 2.22. The number of hydrogen-bond acceptors (Lipinski definition) is 4. The van der Waals surface area contributed by atoms with Crippen molar-refractivity contribution < 1.29 is 9.53 Å². The van der Waals surface area contributed by atoms with Crippen molar-refractivity contribution in [2.24, 2.45) is 5.73 Å². The molecule has 1 saturated heterocycles. The number of hydrogen-bond donors (Lipinski definition) is 2. The lowest BCUT2D eigenvalue weighted by Gasteiger charge is -2.34. The first kappa shape index (κ1) is 13.4. The van der Waals surface area contributed by atoms with Crippen molar-refractivity contribution in [1.82, 2.24) is 10.2 Å². The first-order valence-electron chi connectivity index (χ1n) is 5.96. The van der Waals surface area contributed by atoms with Crippen molar-refractivity contribution in [2.45, 2.75) is 25.3 Å². The van der Waals surface area contributed by atoms with E-state index in [1.54, 1.807) is 7.11 Å². The highest BCUT2D eigenvalue weighted by atomic mass is 16.5. The number of carbonyl (C=O) groups excluding carboxylic acids is 1. The van der Waals surface area contributed by atoms with Crippen LogP contribution in [0.1, 0.15) is 19.3 Å². The predicted molar refractivity (Wildman–Crippen MR) is 63.2 cm³/mol. The van der Waals surface area contributed by atoms with Gasteiger partial charge in [0.15, 0.2) is 0 Å². The minimum absolute atomic E-state index is 0.233. The Morgan fingerprint density at radius 2 is 2.38 bits per heavy atom. The maximum Gasteiger partial charge on any atom is 0.231 e. The molecule has 1 atom stereocenters. The van der Waals surface area contributed by atoms with Crippen LogP contribution in [0.15, 0.2) is 0 Å². The van der Waals surface area contributed by atoms with Crippen LogP contribution in [0.25, 0.3) is 0 Å². The van der Waals surface area contributed by atoms with Crippen LogP contribution in [0.3, 0.4) is 0 Å². The zero-order valence-corrected chi connectivity index (χ0v) is 10.1. The van der Waals surface area contributed by atoms with Gasteiger partial charge in [-0.05, 0) is 19.4 Å². The molecule has 1 unspecified atom stereocenters. The number of piperidine rings is 1. The van der Waals surface area contributed by atoms with E-state index in [9.17, 15) is 4.79 Å². The molecular formula is C11H23N3O2. The second-order valence-electron chi connectivity index (χ2n) is 4.28. The lowest BCUT2D eigenvalue weighted by molar-refractivity contribution is -0.120. The third-order valence-corrected chi connectivity index (χ3v) is 2.97. The van der Waals surface area contributed by atoms with Crippen LogP contribution in [-0.2, 0) is 9.53 Å². The number of primary amides is 1. The van der Waals surface area contributed by atoms with Gasteiger partial charge in [0.25, 0.3) is 0 Å². The largest absolute Gasteiger partial charge is 0.383 e. The van der Waals surface area contributed by atoms with Crippen LogP contribution in [0.4, 0.5) is 0 Å². The number of rotatable bonds is 7. The quantitative estimate of drug-likeness (QED) is 0.581. The van der Waals surface area contributed by atoms with Crippen molar-refractivity contribution in [3.05, 3.63) is 0 Å². The number of carbonyl (C=O) groups is 1. The van der Waals surface area contributed by atoms with Crippen LogP contribution in [0.5, 0.6) is 0 Å². The van der Waals surface area contributed by atoms with Crippen molar-refractivity contribution in [2.75, 3.05) is 39.9 Å². The molecule has 16 heavy (non-hydrogen) atoms. The van der Waals surface area contributed by atoms with E-state index in [0.29, 0.717) is 12.6 Å². The number of nitrogens with zero attached hydrogens (tertiary/aromatic N) is 1. The summed E-state index contributed by atoms with van der Waals surface area (Å²) >= 11 is 0. The van der Waals surface area contributed by atoms with Crippen LogP contribution in [-0.4, -0.2) is 56.7 Å². The van der Waals surface area contributed by atoms with E-state index < -0.39 is 0 Å². The zero-order chi connectivity index (χ0) is 11.8. The van der Waals surface area contributed by atoms with Gasteiger partial charge in [-0.3, -0.25) is 9.69 Å². The van der Waals surface area contributed by atoms with E-state index >= 15 is 0 Å². The molecule has 1 rings (SSSR count). The van der Waals surface area contributed by atoms with Gasteiger partial charge in [0.2, 0.25) is 5.91 Å². The lowest BCUT2D eigenvalue weighted by atomic mass is 10.0. The van der Waals surface area contributed by atoms with Gasteiger partial charge < -0.3 is 15.8 Å². The molecule has 1 fully saturated rings. The molecule has 0 radical (unpaired) electrons. The summed E-state index contributed by atoms with van der Waals surface area (Å²) in [5.74, 6) is -0.233. The minimum Gasteiger partial charge on any atom is -0.383 e. The average molecular weight is 229 g/mol. The third kappa shape index (κ3) is 4.92. The molecule has 0 spiro atoms. The van der Waals surface area contributed by atoms with Gasteiger partial charge in [-0.1, -0.05) is 6.42 Å². The normalized spacial score (nSPS) is 22.2. The van der Waals surface area contributed by atoms with Crippen molar-refractivity contribution in [3.63, 3.8) is 0 Å². The molecule has 0 aliphatic carbocycles. The Kier molecular flexibility index (Phi) is 6.37. The molecule has 0 aromatic rings.